The predicted molar refractivity (Wildman–Crippen MR) is 65.5 cm³/mol. The fourth-order valence-electron chi connectivity index (χ4n) is 1.02. The van der Waals surface area contributed by atoms with Gasteiger partial charge in [0.05, 0.1) is 9.40 Å². The summed E-state index contributed by atoms with van der Waals surface area (Å²) in [4.78, 5) is 14.0. The van der Waals surface area contributed by atoms with Gasteiger partial charge in [0.2, 0.25) is 0 Å². The van der Waals surface area contributed by atoms with Crippen molar-refractivity contribution in [2.45, 2.75) is 0 Å². The first-order chi connectivity index (χ1) is 7.16. The number of hydrogen-bond acceptors (Lipinski definition) is 5. The van der Waals surface area contributed by atoms with E-state index in [1.807, 2.05) is 6.26 Å². The third-order valence-electron chi connectivity index (χ3n) is 1.68. The number of anilines is 1. The van der Waals surface area contributed by atoms with Gasteiger partial charge in [-0.1, -0.05) is 0 Å². The monoisotopic (exact) mass is 291 g/mol. The van der Waals surface area contributed by atoms with E-state index in [1.165, 1.54) is 12.4 Å². The Balaban J connectivity index is 2.87. The van der Waals surface area contributed by atoms with Crippen LogP contribution in [0.3, 0.4) is 0 Å². The molecule has 0 aliphatic rings. The Bertz CT molecular complexity index is 362. The smallest absolute Gasteiger partial charge is 0.311 e. The molecule has 0 radical (unpaired) electrons. The maximum absolute atomic E-state index is 10.7. The van der Waals surface area contributed by atoms with Gasteiger partial charge in [-0.15, -0.1) is 0 Å². The molecular weight excluding hydrogens is 282 g/mol. The molecule has 82 valence electrons. The number of nitrogens with zero attached hydrogens (tertiary/aromatic N) is 2. The Labute approximate surface area is 99.9 Å². The Morgan fingerprint density at radius 3 is 3.00 bits per heavy atom. The van der Waals surface area contributed by atoms with Crippen LogP contribution in [0.1, 0.15) is 0 Å². The average molecular weight is 292 g/mol. The first kappa shape index (κ1) is 12.3. The minimum absolute atomic E-state index is 0.00882. The molecule has 0 saturated carbocycles. The lowest BCUT2D eigenvalue weighted by molar-refractivity contribution is -0.384. The zero-order valence-electron chi connectivity index (χ0n) is 8.07. The van der Waals surface area contributed by atoms with E-state index in [0.717, 1.165) is 5.75 Å². The second kappa shape index (κ2) is 5.92. The summed E-state index contributed by atoms with van der Waals surface area (Å²) in [5.41, 5.74) is 0.481. The van der Waals surface area contributed by atoms with Crippen LogP contribution in [0.5, 0.6) is 0 Å². The molecule has 0 aliphatic heterocycles. The van der Waals surface area contributed by atoms with Crippen molar-refractivity contribution in [2.75, 3.05) is 23.9 Å². The van der Waals surface area contributed by atoms with Gasteiger partial charge >= 0.3 is 5.69 Å². The van der Waals surface area contributed by atoms with Gasteiger partial charge in [-0.05, 0) is 22.2 Å². The van der Waals surface area contributed by atoms with Crippen LogP contribution in [0.25, 0.3) is 0 Å². The molecule has 0 aliphatic carbocycles. The topological polar surface area (TPSA) is 68.1 Å². The third kappa shape index (κ3) is 3.35. The molecule has 1 aromatic rings. The summed E-state index contributed by atoms with van der Waals surface area (Å²) in [6, 6.07) is 0. The van der Waals surface area contributed by atoms with Crippen LogP contribution in [0.2, 0.25) is 0 Å². The lowest BCUT2D eigenvalue weighted by Crippen LogP contribution is -2.07. The van der Waals surface area contributed by atoms with E-state index < -0.39 is 4.92 Å². The molecule has 0 bridgehead atoms. The SMILES string of the molecule is CSCCNc1c(Br)cncc1[N+](=O)[O-]. The molecule has 0 aromatic carbocycles. The molecule has 1 heterocycles. The molecule has 1 N–H and O–H groups in total. The third-order valence-corrected chi connectivity index (χ3v) is 2.90. The molecule has 5 nitrogen and oxygen atoms in total. The highest BCUT2D eigenvalue weighted by Crippen LogP contribution is 2.30. The zero-order chi connectivity index (χ0) is 11.3. The zero-order valence-corrected chi connectivity index (χ0v) is 10.5. The standard InChI is InChI=1S/C8H10BrN3O2S/c1-15-3-2-11-8-6(9)4-10-5-7(8)12(13)14/h4-5H,2-3H2,1H3,(H,10,11). The summed E-state index contributed by atoms with van der Waals surface area (Å²) in [6.45, 7) is 0.685. The molecule has 7 heteroatoms. The van der Waals surface area contributed by atoms with Gasteiger partial charge in [0.25, 0.3) is 0 Å². The van der Waals surface area contributed by atoms with Gasteiger partial charge in [0.1, 0.15) is 11.9 Å². The predicted octanol–water partition coefficient (Wildman–Crippen LogP) is 2.53. The maximum atomic E-state index is 10.7. The molecule has 0 atom stereocenters. The van der Waals surface area contributed by atoms with Crippen LogP contribution in [0.15, 0.2) is 16.9 Å². The molecule has 0 amide bonds. The second-order valence-corrected chi connectivity index (χ2v) is 4.53. The number of halogens is 1. The van der Waals surface area contributed by atoms with E-state index in [1.54, 1.807) is 11.8 Å². The summed E-state index contributed by atoms with van der Waals surface area (Å²) in [6.07, 6.45) is 4.76. The first-order valence-electron chi connectivity index (χ1n) is 4.17. The molecule has 0 saturated heterocycles. The van der Waals surface area contributed by atoms with Crippen molar-refractivity contribution in [2.24, 2.45) is 0 Å². The van der Waals surface area contributed by atoms with Gasteiger partial charge in [-0.3, -0.25) is 15.1 Å². The molecular formula is C8H10BrN3O2S. The van der Waals surface area contributed by atoms with E-state index >= 15 is 0 Å². The fraction of sp³-hybridized carbons (Fsp3) is 0.375. The van der Waals surface area contributed by atoms with Gasteiger partial charge in [0, 0.05) is 18.5 Å². The highest BCUT2D eigenvalue weighted by molar-refractivity contribution is 9.10. The summed E-state index contributed by atoms with van der Waals surface area (Å²) in [5, 5.41) is 13.7. The highest BCUT2D eigenvalue weighted by Gasteiger charge is 2.16. The summed E-state index contributed by atoms with van der Waals surface area (Å²) >= 11 is 4.91. The normalized spacial score (nSPS) is 10.0. The van der Waals surface area contributed by atoms with Crippen LogP contribution in [-0.2, 0) is 0 Å². The van der Waals surface area contributed by atoms with Crippen molar-refractivity contribution in [3.05, 3.63) is 27.0 Å². The molecule has 15 heavy (non-hydrogen) atoms. The lowest BCUT2D eigenvalue weighted by Gasteiger charge is -2.07. The molecule has 1 aromatic heterocycles. The Hall–Kier alpha value is -0.820. The van der Waals surface area contributed by atoms with Crippen LogP contribution < -0.4 is 5.32 Å². The minimum atomic E-state index is -0.445. The van der Waals surface area contributed by atoms with Gasteiger partial charge in [-0.25, -0.2) is 0 Å². The number of rotatable bonds is 5. The highest BCUT2D eigenvalue weighted by atomic mass is 79.9. The van der Waals surface area contributed by atoms with Gasteiger partial charge in [-0.2, -0.15) is 11.8 Å². The Morgan fingerprint density at radius 1 is 1.67 bits per heavy atom. The Morgan fingerprint density at radius 2 is 2.40 bits per heavy atom. The Kier molecular flexibility index (Phi) is 4.83. The van der Waals surface area contributed by atoms with Gasteiger partial charge in [0.15, 0.2) is 0 Å². The van der Waals surface area contributed by atoms with E-state index in [2.05, 4.69) is 26.2 Å². The van der Waals surface area contributed by atoms with E-state index in [0.29, 0.717) is 16.7 Å². The van der Waals surface area contributed by atoms with Crippen molar-refractivity contribution >= 4 is 39.1 Å². The maximum Gasteiger partial charge on any atom is 0.311 e. The van der Waals surface area contributed by atoms with Crippen LogP contribution in [0, 0.1) is 10.1 Å². The van der Waals surface area contributed by atoms with E-state index in [9.17, 15) is 10.1 Å². The number of nitro groups is 1. The van der Waals surface area contributed by atoms with Crippen molar-refractivity contribution in [1.29, 1.82) is 0 Å². The number of hydrogen-bond donors (Lipinski definition) is 1. The van der Waals surface area contributed by atoms with E-state index in [4.69, 9.17) is 0 Å². The lowest BCUT2D eigenvalue weighted by atomic mass is 10.3. The summed E-state index contributed by atoms with van der Waals surface area (Å²) in [7, 11) is 0. The van der Waals surface area contributed by atoms with Crippen molar-refractivity contribution in [1.82, 2.24) is 4.98 Å². The fourth-order valence-corrected chi connectivity index (χ4v) is 1.78. The molecule has 0 unspecified atom stereocenters. The molecule has 0 fully saturated rings. The van der Waals surface area contributed by atoms with Crippen LogP contribution in [-0.4, -0.2) is 28.5 Å². The summed E-state index contributed by atoms with van der Waals surface area (Å²) < 4.78 is 0.609. The van der Waals surface area contributed by atoms with E-state index in [-0.39, 0.29) is 5.69 Å². The first-order valence-corrected chi connectivity index (χ1v) is 6.36. The number of thioether (sulfide) groups is 1. The quantitative estimate of drug-likeness (QED) is 0.513. The number of aromatic nitrogens is 1. The second-order valence-electron chi connectivity index (χ2n) is 2.69. The van der Waals surface area contributed by atoms with Gasteiger partial charge < -0.3 is 5.32 Å². The summed E-state index contributed by atoms with van der Waals surface area (Å²) in [5.74, 6) is 0.895. The van der Waals surface area contributed by atoms with Crippen molar-refractivity contribution in [3.8, 4) is 0 Å². The van der Waals surface area contributed by atoms with Crippen LogP contribution in [0.4, 0.5) is 11.4 Å². The molecule has 0 spiro atoms. The largest absolute Gasteiger partial charge is 0.378 e. The number of pyridine rings is 1. The van der Waals surface area contributed by atoms with Crippen molar-refractivity contribution < 1.29 is 4.92 Å². The number of nitrogens with one attached hydrogen (secondary N) is 1. The van der Waals surface area contributed by atoms with Crippen LogP contribution >= 0.6 is 27.7 Å². The molecule has 1 rings (SSSR count). The van der Waals surface area contributed by atoms with Crippen molar-refractivity contribution in [3.63, 3.8) is 0 Å². The average Bonchev–Trinajstić information content (AvgIpc) is 2.20. The minimum Gasteiger partial charge on any atom is -0.378 e.